The monoisotopic (exact) mass is 250 g/mol. The van der Waals surface area contributed by atoms with Gasteiger partial charge in [0.15, 0.2) is 0 Å². The number of ether oxygens (including phenoxy) is 1. The van der Waals surface area contributed by atoms with Crippen LogP contribution in [0.1, 0.15) is 30.1 Å². The van der Waals surface area contributed by atoms with Crippen LogP contribution in [-0.2, 0) is 4.74 Å². The summed E-state index contributed by atoms with van der Waals surface area (Å²) in [5.74, 6) is -0.972. The van der Waals surface area contributed by atoms with Gasteiger partial charge in [0.1, 0.15) is 0 Å². The molecule has 0 spiro atoms. The molecule has 0 atom stereocenters. The van der Waals surface area contributed by atoms with Gasteiger partial charge in [-0.1, -0.05) is 6.07 Å². The van der Waals surface area contributed by atoms with Gasteiger partial charge < -0.3 is 20.9 Å². The second-order valence-corrected chi connectivity index (χ2v) is 4.87. The molecule has 0 saturated carbocycles. The lowest BCUT2D eigenvalue weighted by Crippen LogP contribution is -2.41. The van der Waals surface area contributed by atoms with Crippen molar-refractivity contribution in [1.29, 1.82) is 0 Å². The van der Waals surface area contributed by atoms with Crippen LogP contribution in [0.4, 0.5) is 11.4 Å². The number of hydrogen-bond donors (Lipinski definition) is 3. The van der Waals surface area contributed by atoms with Crippen LogP contribution in [0.5, 0.6) is 0 Å². The maximum atomic E-state index is 11.2. The van der Waals surface area contributed by atoms with Gasteiger partial charge in [-0.25, -0.2) is 4.79 Å². The maximum absolute atomic E-state index is 11.2. The lowest BCUT2D eigenvalue weighted by molar-refractivity contribution is 0.0656. The first kappa shape index (κ1) is 12.7. The molecule has 18 heavy (non-hydrogen) atoms. The minimum absolute atomic E-state index is 0.169. The summed E-state index contributed by atoms with van der Waals surface area (Å²) in [7, 11) is 0. The fourth-order valence-corrected chi connectivity index (χ4v) is 2.14. The number of carboxylic acids is 1. The molecule has 1 aromatic rings. The Bertz CT molecular complexity index is 454. The van der Waals surface area contributed by atoms with E-state index in [0.717, 1.165) is 12.8 Å². The van der Waals surface area contributed by atoms with Crippen LogP contribution in [-0.4, -0.2) is 29.8 Å². The zero-order chi connectivity index (χ0) is 13.2. The van der Waals surface area contributed by atoms with Crippen molar-refractivity contribution < 1.29 is 14.6 Å². The lowest BCUT2D eigenvalue weighted by Gasteiger charge is -2.36. The van der Waals surface area contributed by atoms with Crippen LogP contribution in [0.2, 0.25) is 0 Å². The molecule has 0 bridgehead atoms. The average molecular weight is 250 g/mol. The van der Waals surface area contributed by atoms with E-state index in [1.165, 1.54) is 0 Å². The highest BCUT2D eigenvalue weighted by molar-refractivity contribution is 5.97. The van der Waals surface area contributed by atoms with E-state index >= 15 is 0 Å². The Morgan fingerprint density at radius 1 is 1.44 bits per heavy atom. The molecule has 1 aliphatic rings. The molecule has 2 rings (SSSR count). The largest absolute Gasteiger partial charge is 0.478 e. The van der Waals surface area contributed by atoms with Gasteiger partial charge in [-0.2, -0.15) is 0 Å². The summed E-state index contributed by atoms with van der Waals surface area (Å²) in [6.45, 7) is 3.42. The fourth-order valence-electron chi connectivity index (χ4n) is 2.14. The number of hydrogen-bond acceptors (Lipinski definition) is 4. The van der Waals surface area contributed by atoms with Crippen LogP contribution in [0.3, 0.4) is 0 Å². The zero-order valence-electron chi connectivity index (χ0n) is 10.4. The molecule has 1 aromatic carbocycles. The molecule has 98 valence electrons. The van der Waals surface area contributed by atoms with E-state index < -0.39 is 5.97 Å². The van der Waals surface area contributed by atoms with Crippen LogP contribution in [0.25, 0.3) is 0 Å². The standard InChI is InChI=1S/C13H18N2O3/c1-13(5-7-18-8-6-13)15-11-9(12(16)17)3-2-4-10(11)14/h2-4,15H,5-8,14H2,1H3,(H,16,17). The van der Waals surface area contributed by atoms with Gasteiger partial charge in [-0.15, -0.1) is 0 Å². The second kappa shape index (κ2) is 4.86. The highest BCUT2D eigenvalue weighted by Gasteiger charge is 2.29. The van der Waals surface area contributed by atoms with E-state index in [-0.39, 0.29) is 11.1 Å². The highest BCUT2D eigenvalue weighted by Crippen LogP contribution is 2.31. The van der Waals surface area contributed by atoms with Crippen molar-refractivity contribution in [3.05, 3.63) is 23.8 Å². The summed E-state index contributed by atoms with van der Waals surface area (Å²) in [6.07, 6.45) is 1.67. The lowest BCUT2D eigenvalue weighted by atomic mass is 9.91. The number of nitrogens with two attached hydrogens (primary N) is 1. The van der Waals surface area contributed by atoms with E-state index in [4.69, 9.17) is 10.5 Å². The number of carboxylic acid groups (broad SMARTS) is 1. The van der Waals surface area contributed by atoms with Crippen molar-refractivity contribution in [2.24, 2.45) is 0 Å². The number of rotatable bonds is 3. The minimum Gasteiger partial charge on any atom is -0.478 e. The predicted octanol–water partition coefficient (Wildman–Crippen LogP) is 1.95. The van der Waals surface area contributed by atoms with E-state index in [1.54, 1.807) is 18.2 Å². The Hall–Kier alpha value is -1.75. The zero-order valence-corrected chi connectivity index (χ0v) is 10.4. The predicted molar refractivity (Wildman–Crippen MR) is 69.9 cm³/mol. The normalized spacial score (nSPS) is 18.3. The highest BCUT2D eigenvalue weighted by atomic mass is 16.5. The Morgan fingerprint density at radius 3 is 2.72 bits per heavy atom. The Morgan fingerprint density at radius 2 is 2.11 bits per heavy atom. The quantitative estimate of drug-likeness (QED) is 0.714. The molecule has 0 aliphatic carbocycles. The number of anilines is 2. The van der Waals surface area contributed by atoms with Crippen LogP contribution >= 0.6 is 0 Å². The fraction of sp³-hybridized carbons (Fsp3) is 0.462. The second-order valence-electron chi connectivity index (χ2n) is 4.87. The number of nitrogens with one attached hydrogen (secondary N) is 1. The van der Waals surface area contributed by atoms with Crippen molar-refractivity contribution >= 4 is 17.3 Å². The van der Waals surface area contributed by atoms with Gasteiger partial charge in [0.25, 0.3) is 0 Å². The Balaban J connectivity index is 2.30. The van der Waals surface area contributed by atoms with Crippen molar-refractivity contribution in [3.8, 4) is 0 Å². The van der Waals surface area contributed by atoms with Crippen LogP contribution < -0.4 is 11.1 Å². The molecule has 0 aromatic heterocycles. The first-order chi connectivity index (χ1) is 8.52. The molecular formula is C13H18N2O3. The molecule has 1 heterocycles. The van der Waals surface area contributed by atoms with Gasteiger partial charge in [0.05, 0.1) is 16.9 Å². The van der Waals surface area contributed by atoms with Gasteiger partial charge in [0.2, 0.25) is 0 Å². The minimum atomic E-state index is -0.972. The first-order valence-corrected chi connectivity index (χ1v) is 5.99. The SMILES string of the molecule is CC1(Nc2c(N)cccc2C(=O)O)CCOCC1. The van der Waals surface area contributed by atoms with Crippen molar-refractivity contribution in [2.45, 2.75) is 25.3 Å². The summed E-state index contributed by atoms with van der Waals surface area (Å²) in [6, 6.07) is 4.91. The van der Waals surface area contributed by atoms with E-state index in [2.05, 4.69) is 12.2 Å². The third-order valence-electron chi connectivity index (χ3n) is 3.35. The molecular weight excluding hydrogens is 232 g/mol. The van der Waals surface area contributed by atoms with Gasteiger partial charge >= 0.3 is 5.97 Å². The van der Waals surface area contributed by atoms with E-state index in [9.17, 15) is 9.90 Å². The molecule has 5 nitrogen and oxygen atoms in total. The van der Waals surface area contributed by atoms with Gasteiger partial charge in [-0.05, 0) is 31.9 Å². The van der Waals surface area contributed by atoms with E-state index in [1.807, 2.05) is 0 Å². The van der Waals surface area contributed by atoms with Crippen LogP contribution in [0.15, 0.2) is 18.2 Å². The van der Waals surface area contributed by atoms with E-state index in [0.29, 0.717) is 24.6 Å². The molecule has 5 heteroatoms. The number of carbonyl (C=O) groups is 1. The molecule has 1 aliphatic heterocycles. The summed E-state index contributed by atoms with van der Waals surface area (Å²) in [5, 5.41) is 12.5. The molecule has 0 unspecified atom stereocenters. The molecule has 0 amide bonds. The third kappa shape index (κ3) is 2.56. The number of aromatic carboxylic acids is 1. The van der Waals surface area contributed by atoms with Crippen LogP contribution in [0, 0.1) is 0 Å². The van der Waals surface area contributed by atoms with Crippen molar-refractivity contribution in [1.82, 2.24) is 0 Å². The van der Waals surface area contributed by atoms with Crippen molar-refractivity contribution in [2.75, 3.05) is 24.3 Å². The summed E-state index contributed by atoms with van der Waals surface area (Å²) >= 11 is 0. The molecule has 0 radical (unpaired) electrons. The summed E-state index contributed by atoms with van der Waals surface area (Å²) in [4.78, 5) is 11.2. The number of nitrogen functional groups attached to an aromatic ring is 1. The maximum Gasteiger partial charge on any atom is 0.337 e. The molecule has 4 N–H and O–H groups in total. The summed E-state index contributed by atoms with van der Waals surface area (Å²) in [5.41, 5.74) is 6.89. The van der Waals surface area contributed by atoms with Gasteiger partial charge in [0, 0.05) is 18.8 Å². The average Bonchev–Trinajstić information content (AvgIpc) is 2.32. The molecule has 1 saturated heterocycles. The Labute approximate surface area is 106 Å². The van der Waals surface area contributed by atoms with Gasteiger partial charge in [-0.3, -0.25) is 0 Å². The third-order valence-corrected chi connectivity index (χ3v) is 3.35. The topological polar surface area (TPSA) is 84.6 Å². The number of benzene rings is 1. The van der Waals surface area contributed by atoms with Crippen molar-refractivity contribution in [3.63, 3.8) is 0 Å². The summed E-state index contributed by atoms with van der Waals surface area (Å²) < 4.78 is 5.32. The Kier molecular flexibility index (Phi) is 3.43. The first-order valence-electron chi connectivity index (χ1n) is 5.99. The number of para-hydroxylation sites is 1. The molecule has 1 fully saturated rings. The smallest absolute Gasteiger partial charge is 0.337 e.